The quantitative estimate of drug-likeness (QED) is 0.635. The zero-order valence-electron chi connectivity index (χ0n) is 16.9. The molecule has 0 aliphatic heterocycles. The molecule has 7 heteroatoms. The molecule has 6 nitrogen and oxygen atoms in total. The van der Waals surface area contributed by atoms with E-state index in [1.54, 1.807) is 31.4 Å². The van der Waals surface area contributed by atoms with Crippen LogP contribution in [0.3, 0.4) is 0 Å². The number of hydrogen-bond donors (Lipinski definition) is 2. The van der Waals surface area contributed by atoms with Crippen molar-refractivity contribution in [2.24, 2.45) is 0 Å². The molecule has 1 heterocycles. The van der Waals surface area contributed by atoms with Gasteiger partial charge >= 0.3 is 0 Å². The van der Waals surface area contributed by atoms with E-state index in [2.05, 4.69) is 10.3 Å². The number of fused-ring (bicyclic) bond motifs is 1. The number of ether oxygens (including phenoxy) is 1. The molecule has 0 spiro atoms. The zero-order valence-corrected chi connectivity index (χ0v) is 17.7. The highest BCUT2D eigenvalue weighted by atomic mass is 35.5. The molecular formula is C24H21ClN2O4. The molecule has 0 saturated carbocycles. The minimum Gasteiger partial charge on any atom is -0.497 e. The highest BCUT2D eigenvalue weighted by molar-refractivity contribution is 6.30. The van der Waals surface area contributed by atoms with Gasteiger partial charge in [-0.3, -0.25) is 14.4 Å². The fourth-order valence-electron chi connectivity index (χ4n) is 3.79. The van der Waals surface area contributed by atoms with E-state index in [1.165, 1.54) is 6.07 Å². The van der Waals surface area contributed by atoms with Gasteiger partial charge in [0.15, 0.2) is 5.78 Å². The number of hydrogen-bond acceptors (Lipinski definition) is 4. The van der Waals surface area contributed by atoms with E-state index >= 15 is 0 Å². The molecule has 0 saturated heterocycles. The lowest BCUT2D eigenvalue weighted by Crippen LogP contribution is -2.32. The van der Waals surface area contributed by atoms with E-state index < -0.39 is 11.5 Å². The molecule has 1 aliphatic carbocycles. The second kappa shape index (κ2) is 8.78. The number of H-pyrrole nitrogens is 1. The number of carbonyl (C=O) groups excluding carboxylic acids is 2. The van der Waals surface area contributed by atoms with Crippen LogP contribution in [-0.4, -0.2) is 23.8 Å². The van der Waals surface area contributed by atoms with Crippen molar-refractivity contribution in [2.45, 2.75) is 25.3 Å². The number of halogens is 1. The van der Waals surface area contributed by atoms with Gasteiger partial charge in [-0.2, -0.15) is 0 Å². The summed E-state index contributed by atoms with van der Waals surface area (Å²) < 4.78 is 5.18. The maximum atomic E-state index is 12.8. The number of benzene rings is 2. The van der Waals surface area contributed by atoms with Crippen LogP contribution in [0.15, 0.2) is 59.4 Å². The third-order valence-electron chi connectivity index (χ3n) is 5.50. The van der Waals surface area contributed by atoms with Gasteiger partial charge in [-0.1, -0.05) is 35.9 Å². The highest BCUT2D eigenvalue weighted by Crippen LogP contribution is 2.32. The van der Waals surface area contributed by atoms with E-state index in [1.807, 2.05) is 24.3 Å². The van der Waals surface area contributed by atoms with Gasteiger partial charge in [0.25, 0.3) is 11.5 Å². The lowest BCUT2D eigenvalue weighted by Gasteiger charge is -2.24. The summed E-state index contributed by atoms with van der Waals surface area (Å²) >= 11 is 5.86. The Morgan fingerprint density at radius 1 is 1.10 bits per heavy atom. The van der Waals surface area contributed by atoms with Crippen molar-refractivity contribution in [3.05, 3.63) is 97.9 Å². The minimum absolute atomic E-state index is 0.0360. The van der Waals surface area contributed by atoms with Crippen molar-refractivity contribution in [3.63, 3.8) is 0 Å². The summed E-state index contributed by atoms with van der Waals surface area (Å²) in [5.74, 6) is 0.0919. The predicted molar refractivity (Wildman–Crippen MR) is 118 cm³/mol. The molecule has 158 valence electrons. The van der Waals surface area contributed by atoms with Crippen LogP contribution in [0, 0.1) is 0 Å². The number of aromatic amines is 1. The van der Waals surface area contributed by atoms with Gasteiger partial charge in [0, 0.05) is 29.2 Å². The van der Waals surface area contributed by atoms with Crippen LogP contribution in [0.2, 0.25) is 5.02 Å². The molecule has 2 N–H and O–H groups in total. The fraction of sp³-hybridized carbons (Fsp3) is 0.208. The molecule has 0 bridgehead atoms. The number of aromatic nitrogens is 1. The van der Waals surface area contributed by atoms with Crippen LogP contribution < -0.4 is 15.6 Å². The molecule has 2 aromatic carbocycles. The first kappa shape index (κ1) is 20.9. The Hall–Kier alpha value is -3.38. The Bertz CT molecular complexity index is 1180. The van der Waals surface area contributed by atoms with Gasteiger partial charge in [-0.05, 0) is 53.8 Å². The van der Waals surface area contributed by atoms with Gasteiger partial charge in [0.05, 0.1) is 7.11 Å². The minimum atomic E-state index is -0.524. The summed E-state index contributed by atoms with van der Waals surface area (Å²) in [5, 5.41) is 3.32. The second-order valence-electron chi connectivity index (χ2n) is 7.52. The van der Waals surface area contributed by atoms with Crippen LogP contribution in [-0.2, 0) is 13.0 Å². The number of rotatable bonds is 5. The molecule has 4 rings (SSSR count). The summed E-state index contributed by atoms with van der Waals surface area (Å²) in [6.07, 6.45) is 0.840. The normalized spacial score (nSPS) is 15.3. The largest absolute Gasteiger partial charge is 0.497 e. The molecule has 1 amide bonds. The first-order valence-electron chi connectivity index (χ1n) is 9.90. The molecule has 1 aromatic heterocycles. The summed E-state index contributed by atoms with van der Waals surface area (Å²) in [7, 11) is 1.60. The Kier molecular flexibility index (Phi) is 5.91. The highest BCUT2D eigenvalue weighted by Gasteiger charge is 2.28. The summed E-state index contributed by atoms with van der Waals surface area (Å²) in [5.41, 5.74) is 2.26. The Morgan fingerprint density at radius 2 is 1.81 bits per heavy atom. The molecule has 1 aliphatic rings. The molecule has 1 atom stereocenters. The second-order valence-corrected chi connectivity index (χ2v) is 7.95. The monoisotopic (exact) mass is 436 g/mol. The van der Waals surface area contributed by atoms with Gasteiger partial charge in [0.2, 0.25) is 0 Å². The lowest BCUT2D eigenvalue weighted by molar-refractivity contribution is 0.0949. The van der Waals surface area contributed by atoms with Gasteiger partial charge in [-0.25, -0.2) is 0 Å². The van der Waals surface area contributed by atoms with E-state index in [0.717, 1.165) is 16.9 Å². The number of carbonyl (C=O) groups is 2. The predicted octanol–water partition coefficient (Wildman–Crippen LogP) is 3.88. The van der Waals surface area contributed by atoms with E-state index in [-0.39, 0.29) is 23.8 Å². The van der Waals surface area contributed by atoms with Crippen LogP contribution in [0.5, 0.6) is 5.75 Å². The average molecular weight is 437 g/mol. The van der Waals surface area contributed by atoms with E-state index in [0.29, 0.717) is 29.1 Å². The van der Waals surface area contributed by atoms with Crippen molar-refractivity contribution >= 4 is 23.3 Å². The van der Waals surface area contributed by atoms with Crippen LogP contribution in [0.1, 0.15) is 49.9 Å². The van der Waals surface area contributed by atoms with Crippen LogP contribution >= 0.6 is 11.6 Å². The zero-order chi connectivity index (χ0) is 22.0. The smallest absolute Gasteiger partial charge is 0.261 e. The Morgan fingerprint density at radius 3 is 2.48 bits per heavy atom. The topological polar surface area (TPSA) is 88.3 Å². The summed E-state index contributed by atoms with van der Waals surface area (Å²) in [4.78, 5) is 40.7. The van der Waals surface area contributed by atoms with Crippen molar-refractivity contribution < 1.29 is 14.3 Å². The van der Waals surface area contributed by atoms with Crippen molar-refractivity contribution in [2.75, 3.05) is 7.11 Å². The fourth-order valence-corrected chi connectivity index (χ4v) is 3.92. The van der Waals surface area contributed by atoms with E-state index in [9.17, 15) is 14.4 Å². The van der Waals surface area contributed by atoms with Crippen molar-refractivity contribution in [1.82, 2.24) is 10.3 Å². The standard InChI is InChI=1S/C24H21ClN2O4/c1-31-18-8-4-15(5-9-18)16-10-21-19(22(28)11-16)12-20(24(30)27-21)23(29)26-13-14-2-6-17(25)7-3-14/h2-9,12,16H,10-11,13H2,1H3,(H,26,29)(H,27,30)/t16-/m1/s1. The number of Topliss-reactive ketones (excluding diaryl/α,β-unsaturated/α-hetero) is 1. The number of pyridine rings is 1. The molecule has 0 fully saturated rings. The SMILES string of the molecule is COc1ccc([C@H]2CC(=O)c3cc(C(=O)NCc4ccc(Cl)cc4)c(=O)[nH]c3C2)cc1. The molecule has 31 heavy (non-hydrogen) atoms. The number of ketones is 1. The van der Waals surface area contributed by atoms with Gasteiger partial charge in [0.1, 0.15) is 11.3 Å². The first-order valence-corrected chi connectivity index (χ1v) is 10.3. The maximum Gasteiger partial charge on any atom is 0.261 e. The number of amides is 1. The third kappa shape index (κ3) is 4.54. The van der Waals surface area contributed by atoms with Crippen molar-refractivity contribution in [1.29, 1.82) is 0 Å². The average Bonchev–Trinajstić information content (AvgIpc) is 2.78. The molecular weight excluding hydrogens is 416 g/mol. The summed E-state index contributed by atoms with van der Waals surface area (Å²) in [6.45, 7) is 0.250. The van der Waals surface area contributed by atoms with Gasteiger partial charge < -0.3 is 15.0 Å². The number of nitrogens with one attached hydrogen (secondary N) is 2. The first-order chi connectivity index (χ1) is 14.9. The van der Waals surface area contributed by atoms with E-state index in [4.69, 9.17) is 16.3 Å². The van der Waals surface area contributed by atoms with Gasteiger partial charge in [-0.15, -0.1) is 0 Å². The Balaban J connectivity index is 1.52. The molecule has 3 aromatic rings. The lowest BCUT2D eigenvalue weighted by atomic mass is 9.81. The summed E-state index contributed by atoms with van der Waals surface area (Å²) in [6, 6.07) is 16.0. The Labute approximate surface area is 184 Å². The van der Waals surface area contributed by atoms with Crippen LogP contribution in [0.4, 0.5) is 0 Å². The number of methoxy groups -OCH3 is 1. The third-order valence-corrected chi connectivity index (χ3v) is 5.76. The molecule has 0 radical (unpaired) electrons. The van der Waals surface area contributed by atoms with Crippen molar-refractivity contribution in [3.8, 4) is 5.75 Å². The maximum absolute atomic E-state index is 12.8. The van der Waals surface area contributed by atoms with Crippen LogP contribution in [0.25, 0.3) is 0 Å². The molecule has 0 unspecified atom stereocenters.